The summed E-state index contributed by atoms with van der Waals surface area (Å²) in [6.07, 6.45) is 2.23. The molecule has 1 aromatic carbocycles. The van der Waals surface area contributed by atoms with E-state index in [1.54, 1.807) is 11.3 Å². The van der Waals surface area contributed by atoms with E-state index < -0.39 is 0 Å². The van der Waals surface area contributed by atoms with Crippen LogP contribution in [0, 0.1) is 0 Å². The van der Waals surface area contributed by atoms with Gasteiger partial charge in [0.1, 0.15) is 0 Å². The maximum absolute atomic E-state index is 13.0. The third-order valence-electron chi connectivity index (χ3n) is 4.10. The third-order valence-corrected chi connectivity index (χ3v) is 5.30. The number of aryl methyl sites for hydroxylation is 1. The zero-order chi connectivity index (χ0) is 15.7. The molecule has 1 fully saturated rings. The molecule has 1 aromatic heterocycles. The first-order chi connectivity index (χ1) is 10.6. The summed E-state index contributed by atoms with van der Waals surface area (Å²) in [5.74, 6) is 0.173. The molecule has 2 atom stereocenters. The lowest BCUT2D eigenvalue weighted by atomic mass is 10.0. The number of morpholine rings is 1. The van der Waals surface area contributed by atoms with Gasteiger partial charge in [-0.3, -0.25) is 4.79 Å². The van der Waals surface area contributed by atoms with Gasteiger partial charge in [0.2, 0.25) is 0 Å². The van der Waals surface area contributed by atoms with Crippen molar-refractivity contribution in [1.82, 2.24) is 4.90 Å². The molecular weight excluding hydrogens is 294 g/mol. The molecule has 1 aliphatic heterocycles. The van der Waals surface area contributed by atoms with Crippen molar-refractivity contribution >= 4 is 27.3 Å². The van der Waals surface area contributed by atoms with Gasteiger partial charge in [-0.1, -0.05) is 31.5 Å². The van der Waals surface area contributed by atoms with Crippen LogP contribution in [-0.2, 0) is 11.2 Å². The zero-order valence-corrected chi connectivity index (χ0v) is 14.3. The van der Waals surface area contributed by atoms with Crippen LogP contribution in [-0.4, -0.2) is 36.1 Å². The summed E-state index contributed by atoms with van der Waals surface area (Å²) in [6, 6.07) is 8.35. The average molecular weight is 317 g/mol. The lowest BCUT2D eigenvalue weighted by Gasteiger charge is -2.35. The molecule has 0 bridgehead atoms. The van der Waals surface area contributed by atoms with Crippen LogP contribution in [0.3, 0.4) is 0 Å². The van der Waals surface area contributed by atoms with E-state index in [2.05, 4.69) is 25.1 Å². The van der Waals surface area contributed by atoms with Crippen LogP contribution in [0.15, 0.2) is 24.3 Å². The minimum Gasteiger partial charge on any atom is -0.372 e. The number of rotatable bonds is 3. The van der Waals surface area contributed by atoms with E-state index in [0.29, 0.717) is 13.1 Å². The minimum absolute atomic E-state index is 0.108. The van der Waals surface area contributed by atoms with Crippen LogP contribution in [0.25, 0.3) is 10.1 Å². The highest BCUT2D eigenvalue weighted by Gasteiger charge is 2.29. The Morgan fingerprint density at radius 1 is 1.27 bits per heavy atom. The molecular formula is C18H23NO2S. The molecule has 2 unspecified atom stereocenters. The summed E-state index contributed by atoms with van der Waals surface area (Å²) in [5, 5.41) is 1.24. The topological polar surface area (TPSA) is 29.5 Å². The molecule has 0 spiro atoms. The molecule has 1 saturated heterocycles. The molecule has 4 heteroatoms. The number of hydrogen-bond acceptors (Lipinski definition) is 3. The van der Waals surface area contributed by atoms with Crippen molar-refractivity contribution in [2.45, 2.75) is 45.8 Å². The predicted molar refractivity (Wildman–Crippen MR) is 91.7 cm³/mol. The Labute approximate surface area is 135 Å². The summed E-state index contributed by atoms with van der Waals surface area (Å²) in [6.45, 7) is 7.60. The van der Waals surface area contributed by atoms with Gasteiger partial charge in [-0.2, -0.15) is 0 Å². The van der Waals surface area contributed by atoms with Crippen LogP contribution in [0.4, 0.5) is 0 Å². The second-order valence-electron chi connectivity index (χ2n) is 6.12. The molecule has 1 amide bonds. The van der Waals surface area contributed by atoms with E-state index in [9.17, 15) is 4.79 Å². The fraction of sp³-hybridized carbons (Fsp3) is 0.500. The van der Waals surface area contributed by atoms with Crippen molar-refractivity contribution < 1.29 is 9.53 Å². The third kappa shape index (κ3) is 2.90. The summed E-state index contributed by atoms with van der Waals surface area (Å²) in [5.41, 5.74) is 1.22. The van der Waals surface area contributed by atoms with E-state index in [-0.39, 0.29) is 18.1 Å². The molecule has 3 rings (SSSR count). The summed E-state index contributed by atoms with van der Waals surface area (Å²) < 4.78 is 6.96. The number of fused-ring (bicyclic) bond motifs is 1. The zero-order valence-electron chi connectivity index (χ0n) is 13.5. The molecule has 0 saturated carbocycles. The Kier molecular flexibility index (Phi) is 4.50. The van der Waals surface area contributed by atoms with Crippen LogP contribution < -0.4 is 0 Å². The number of benzene rings is 1. The van der Waals surface area contributed by atoms with Crippen LogP contribution in [0.2, 0.25) is 0 Å². The monoisotopic (exact) mass is 317 g/mol. The number of hydrogen-bond donors (Lipinski definition) is 0. The van der Waals surface area contributed by atoms with Crippen LogP contribution in [0.1, 0.15) is 42.4 Å². The highest BCUT2D eigenvalue weighted by atomic mass is 32.1. The van der Waals surface area contributed by atoms with Gasteiger partial charge in [-0.15, -0.1) is 11.3 Å². The smallest absolute Gasteiger partial charge is 0.264 e. The normalized spacial score (nSPS) is 22.2. The molecule has 2 heterocycles. The van der Waals surface area contributed by atoms with Gasteiger partial charge in [0.25, 0.3) is 5.91 Å². The van der Waals surface area contributed by atoms with Gasteiger partial charge in [0.05, 0.1) is 17.1 Å². The number of ether oxygens (including phenoxy) is 1. The molecule has 0 N–H and O–H groups in total. The number of amides is 1. The molecule has 3 nitrogen and oxygen atoms in total. The molecule has 2 aromatic rings. The molecule has 0 aliphatic carbocycles. The predicted octanol–water partition coefficient (Wildman–Crippen LogP) is 4.10. The van der Waals surface area contributed by atoms with Crippen molar-refractivity contribution in [2.75, 3.05) is 13.1 Å². The minimum atomic E-state index is 0.108. The number of carbonyl (C=O) groups excluding carboxylic acids is 1. The Balaban J connectivity index is 1.97. The van der Waals surface area contributed by atoms with Gasteiger partial charge in [-0.05, 0) is 37.3 Å². The molecule has 0 radical (unpaired) electrons. The van der Waals surface area contributed by atoms with Gasteiger partial charge in [0.15, 0.2) is 0 Å². The van der Waals surface area contributed by atoms with E-state index in [1.807, 2.05) is 24.8 Å². The molecule has 118 valence electrons. The lowest BCUT2D eigenvalue weighted by Crippen LogP contribution is -2.48. The van der Waals surface area contributed by atoms with E-state index >= 15 is 0 Å². The quantitative estimate of drug-likeness (QED) is 0.853. The first-order valence-electron chi connectivity index (χ1n) is 8.05. The van der Waals surface area contributed by atoms with Crippen molar-refractivity contribution in [3.05, 3.63) is 34.7 Å². The summed E-state index contributed by atoms with van der Waals surface area (Å²) in [4.78, 5) is 15.9. The van der Waals surface area contributed by atoms with Gasteiger partial charge < -0.3 is 9.64 Å². The second-order valence-corrected chi connectivity index (χ2v) is 7.18. The Bertz CT molecular complexity index is 669. The van der Waals surface area contributed by atoms with Crippen molar-refractivity contribution in [3.8, 4) is 0 Å². The van der Waals surface area contributed by atoms with Gasteiger partial charge in [0, 0.05) is 17.8 Å². The van der Waals surface area contributed by atoms with Gasteiger partial charge in [-0.25, -0.2) is 0 Å². The number of carbonyl (C=O) groups is 1. The van der Waals surface area contributed by atoms with Crippen molar-refractivity contribution in [2.24, 2.45) is 0 Å². The second kappa shape index (κ2) is 6.39. The fourth-order valence-electron chi connectivity index (χ4n) is 3.26. The maximum Gasteiger partial charge on any atom is 0.264 e. The van der Waals surface area contributed by atoms with Crippen LogP contribution in [0.5, 0.6) is 0 Å². The van der Waals surface area contributed by atoms with Crippen LogP contribution >= 0.6 is 11.3 Å². The Morgan fingerprint density at radius 2 is 1.95 bits per heavy atom. The highest BCUT2D eigenvalue weighted by Crippen LogP contribution is 2.33. The van der Waals surface area contributed by atoms with E-state index in [4.69, 9.17) is 4.74 Å². The van der Waals surface area contributed by atoms with Crippen molar-refractivity contribution in [1.29, 1.82) is 0 Å². The standard InChI is InChI=1S/C18H23NO2S/c1-4-7-15-14-8-5-6-9-16(14)22-17(15)18(20)19-10-12(2)21-13(3)11-19/h5-6,8-9,12-13H,4,7,10-11H2,1-3H3. The largest absolute Gasteiger partial charge is 0.372 e. The first-order valence-corrected chi connectivity index (χ1v) is 8.87. The first kappa shape index (κ1) is 15.5. The SMILES string of the molecule is CCCc1c(C(=O)N2CC(C)OC(C)C2)sc2ccccc12. The highest BCUT2D eigenvalue weighted by molar-refractivity contribution is 7.21. The summed E-state index contributed by atoms with van der Waals surface area (Å²) in [7, 11) is 0. The van der Waals surface area contributed by atoms with Crippen molar-refractivity contribution in [3.63, 3.8) is 0 Å². The fourth-order valence-corrected chi connectivity index (χ4v) is 4.48. The number of nitrogens with zero attached hydrogens (tertiary/aromatic N) is 1. The summed E-state index contributed by atoms with van der Waals surface area (Å²) >= 11 is 1.64. The molecule has 1 aliphatic rings. The Hall–Kier alpha value is -1.39. The van der Waals surface area contributed by atoms with E-state index in [0.717, 1.165) is 17.7 Å². The Morgan fingerprint density at radius 3 is 2.64 bits per heavy atom. The number of thiophene rings is 1. The maximum atomic E-state index is 13.0. The molecule has 22 heavy (non-hydrogen) atoms. The lowest BCUT2D eigenvalue weighted by molar-refractivity contribution is -0.0585. The van der Waals surface area contributed by atoms with E-state index in [1.165, 1.54) is 15.6 Å². The average Bonchev–Trinajstić information content (AvgIpc) is 2.85. The van der Waals surface area contributed by atoms with Gasteiger partial charge >= 0.3 is 0 Å².